The molecule has 1 saturated heterocycles. The van der Waals surface area contributed by atoms with E-state index in [1.54, 1.807) is 17.1 Å². The van der Waals surface area contributed by atoms with E-state index >= 15 is 0 Å². The zero-order valence-electron chi connectivity index (χ0n) is 14.0. The summed E-state index contributed by atoms with van der Waals surface area (Å²) in [6, 6.07) is 5.89. The van der Waals surface area contributed by atoms with Crippen LogP contribution in [0.25, 0.3) is 27.2 Å². The number of primary amides is 1. The van der Waals surface area contributed by atoms with Crippen molar-refractivity contribution in [2.45, 2.75) is 12.8 Å². The summed E-state index contributed by atoms with van der Waals surface area (Å²) < 4.78 is 1.57. The summed E-state index contributed by atoms with van der Waals surface area (Å²) in [5, 5.41) is 5.57. The number of aromatic nitrogens is 4. The fraction of sp³-hybridized carbons (Fsp3) is 0.222. The van der Waals surface area contributed by atoms with Crippen molar-refractivity contribution in [2.75, 3.05) is 18.0 Å². The molecule has 26 heavy (non-hydrogen) atoms. The summed E-state index contributed by atoms with van der Waals surface area (Å²) in [5.74, 6) is 0.349. The van der Waals surface area contributed by atoms with Crippen LogP contribution in [-0.4, -0.2) is 38.7 Å². The second-order valence-electron chi connectivity index (χ2n) is 6.19. The van der Waals surface area contributed by atoms with E-state index in [0.29, 0.717) is 5.03 Å². The highest BCUT2D eigenvalue weighted by Crippen LogP contribution is 2.26. The lowest BCUT2D eigenvalue weighted by atomic mass is 10.1. The average molecular weight is 366 g/mol. The molecule has 0 saturated carbocycles. The molecular formula is C18H18N6OS. The Hall–Kier alpha value is -2.87. The van der Waals surface area contributed by atoms with E-state index in [9.17, 15) is 4.79 Å². The third-order valence-corrected chi connectivity index (χ3v) is 4.72. The molecule has 0 bridgehead atoms. The van der Waals surface area contributed by atoms with Gasteiger partial charge in [0.05, 0.1) is 29.8 Å². The number of hydrogen-bond acceptors (Lipinski definition) is 6. The van der Waals surface area contributed by atoms with Gasteiger partial charge in [0.1, 0.15) is 10.8 Å². The van der Waals surface area contributed by atoms with Gasteiger partial charge in [0, 0.05) is 30.1 Å². The van der Waals surface area contributed by atoms with E-state index in [-0.39, 0.29) is 0 Å². The maximum absolute atomic E-state index is 11.1. The molecule has 3 aromatic rings. The van der Waals surface area contributed by atoms with Gasteiger partial charge in [-0.15, -0.1) is 12.6 Å². The molecule has 1 aromatic carbocycles. The number of anilines is 1. The van der Waals surface area contributed by atoms with E-state index in [1.807, 2.05) is 24.4 Å². The Kier molecular flexibility index (Phi) is 4.34. The topological polar surface area (TPSA) is 89.9 Å². The van der Waals surface area contributed by atoms with Crippen LogP contribution in [0.5, 0.6) is 0 Å². The van der Waals surface area contributed by atoms with Crippen LogP contribution in [-0.2, 0) is 4.79 Å². The Morgan fingerprint density at radius 3 is 2.77 bits per heavy atom. The number of hydrogen-bond donors (Lipinski definition) is 2. The Morgan fingerprint density at radius 1 is 1.19 bits per heavy atom. The predicted octanol–water partition coefficient (Wildman–Crippen LogP) is 2.31. The Labute approximate surface area is 155 Å². The van der Waals surface area contributed by atoms with Gasteiger partial charge < -0.3 is 10.6 Å². The predicted molar refractivity (Wildman–Crippen MR) is 105 cm³/mol. The minimum atomic E-state index is -0.565. The molecule has 7 nitrogen and oxygen atoms in total. The van der Waals surface area contributed by atoms with Gasteiger partial charge >= 0.3 is 0 Å². The van der Waals surface area contributed by atoms with Gasteiger partial charge in [-0.2, -0.15) is 5.10 Å². The van der Waals surface area contributed by atoms with Gasteiger partial charge in [0.2, 0.25) is 5.91 Å². The highest BCUT2D eigenvalue weighted by atomic mass is 32.1. The van der Waals surface area contributed by atoms with Crippen LogP contribution in [0.4, 0.5) is 5.82 Å². The summed E-state index contributed by atoms with van der Waals surface area (Å²) in [4.78, 5) is 22.4. The first-order valence-corrected chi connectivity index (χ1v) is 8.82. The smallest absolute Gasteiger partial charge is 0.244 e. The summed E-state index contributed by atoms with van der Waals surface area (Å²) in [6.45, 7) is 2.06. The van der Waals surface area contributed by atoms with Gasteiger partial charge in [-0.05, 0) is 25.0 Å². The number of rotatable bonds is 4. The van der Waals surface area contributed by atoms with Crippen molar-refractivity contribution >= 4 is 40.3 Å². The molecule has 2 N–H and O–H groups in total. The summed E-state index contributed by atoms with van der Waals surface area (Å²) >= 11 is 4.29. The lowest BCUT2D eigenvalue weighted by Crippen LogP contribution is -2.19. The molecule has 0 atom stereocenters. The molecule has 0 radical (unpaired) electrons. The quantitative estimate of drug-likeness (QED) is 0.546. The lowest BCUT2D eigenvalue weighted by molar-refractivity contribution is -0.113. The zero-order valence-corrected chi connectivity index (χ0v) is 14.9. The molecule has 132 valence electrons. The second-order valence-corrected chi connectivity index (χ2v) is 6.65. The first kappa shape index (κ1) is 16.6. The van der Waals surface area contributed by atoms with E-state index in [1.165, 1.54) is 18.9 Å². The summed E-state index contributed by atoms with van der Waals surface area (Å²) in [6.07, 6.45) is 8.93. The highest BCUT2D eigenvalue weighted by Gasteiger charge is 2.15. The van der Waals surface area contributed by atoms with Crippen LogP contribution in [0, 0.1) is 0 Å². The molecular weight excluding hydrogens is 348 g/mol. The molecule has 0 aliphatic carbocycles. The molecule has 1 aliphatic heterocycles. The summed E-state index contributed by atoms with van der Waals surface area (Å²) in [7, 11) is 0. The maximum Gasteiger partial charge on any atom is 0.244 e. The molecule has 3 heterocycles. The lowest BCUT2D eigenvalue weighted by Gasteiger charge is -2.16. The number of carbonyl (C=O) groups is 1. The molecule has 1 amide bonds. The van der Waals surface area contributed by atoms with Crippen molar-refractivity contribution in [1.29, 1.82) is 0 Å². The third kappa shape index (κ3) is 3.15. The number of benzene rings is 1. The van der Waals surface area contributed by atoms with Crippen molar-refractivity contribution in [3.8, 4) is 11.3 Å². The van der Waals surface area contributed by atoms with Crippen LogP contribution in [0.3, 0.4) is 0 Å². The van der Waals surface area contributed by atoms with Gasteiger partial charge in [-0.1, -0.05) is 6.07 Å². The molecule has 1 aliphatic rings. The van der Waals surface area contributed by atoms with Gasteiger partial charge in [0.25, 0.3) is 0 Å². The zero-order chi connectivity index (χ0) is 18.1. The second kappa shape index (κ2) is 6.80. The molecule has 0 unspecified atom stereocenters. The minimum Gasteiger partial charge on any atom is -0.366 e. The number of thiol groups is 1. The van der Waals surface area contributed by atoms with Crippen LogP contribution in [0.15, 0.2) is 42.9 Å². The van der Waals surface area contributed by atoms with Gasteiger partial charge in [0.15, 0.2) is 0 Å². The minimum absolute atomic E-state index is 0.371. The standard InChI is InChI=1S/C18H18N6OS/c19-16(25)8-18(26)24-15-4-3-12(7-13(15)9-21-24)14-10-20-11-17(22-14)23-5-1-2-6-23/h3-4,7-11,26H,1-2,5-6H2,(H2,19,25)/b18-8-. The SMILES string of the molecule is NC(=O)/C=C(\S)n1ncc2cc(-c3cncc(N4CCCC4)n3)ccc21. The highest BCUT2D eigenvalue weighted by molar-refractivity contribution is 7.90. The molecule has 1 fully saturated rings. The van der Waals surface area contributed by atoms with Crippen LogP contribution in [0.2, 0.25) is 0 Å². The Morgan fingerprint density at radius 2 is 2.00 bits per heavy atom. The number of nitrogens with zero attached hydrogens (tertiary/aromatic N) is 5. The summed E-state index contributed by atoms with van der Waals surface area (Å²) in [5.41, 5.74) is 7.80. The van der Waals surface area contributed by atoms with Gasteiger partial charge in [-0.25, -0.2) is 9.67 Å². The fourth-order valence-corrected chi connectivity index (χ4v) is 3.44. The monoisotopic (exact) mass is 366 g/mol. The Balaban J connectivity index is 1.70. The van der Waals surface area contributed by atoms with Gasteiger partial charge in [-0.3, -0.25) is 9.78 Å². The van der Waals surface area contributed by atoms with Crippen molar-refractivity contribution < 1.29 is 4.79 Å². The number of fused-ring (bicyclic) bond motifs is 1. The van der Waals surface area contributed by atoms with Crippen LogP contribution < -0.4 is 10.6 Å². The van der Waals surface area contributed by atoms with E-state index in [4.69, 9.17) is 10.7 Å². The van der Waals surface area contributed by atoms with Crippen molar-refractivity contribution in [2.24, 2.45) is 5.73 Å². The van der Waals surface area contributed by atoms with E-state index in [2.05, 4.69) is 27.6 Å². The fourth-order valence-electron chi connectivity index (χ4n) is 3.16. The molecule has 4 rings (SSSR count). The first-order chi connectivity index (χ1) is 12.6. The van der Waals surface area contributed by atoms with E-state index in [0.717, 1.165) is 41.1 Å². The van der Waals surface area contributed by atoms with Crippen molar-refractivity contribution in [3.05, 3.63) is 42.9 Å². The maximum atomic E-state index is 11.1. The number of amides is 1. The van der Waals surface area contributed by atoms with E-state index < -0.39 is 5.91 Å². The Bertz CT molecular complexity index is 1010. The largest absolute Gasteiger partial charge is 0.366 e. The number of nitrogens with two attached hydrogens (primary N) is 1. The van der Waals surface area contributed by atoms with Crippen LogP contribution in [0.1, 0.15) is 12.8 Å². The van der Waals surface area contributed by atoms with Crippen molar-refractivity contribution in [3.63, 3.8) is 0 Å². The average Bonchev–Trinajstić information content (AvgIpc) is 3.30. The number of carbonyl (C=O) groups excluding carboxylic acids is 1. The molecule has 2 aromatic heterocycles. The molecule has 0 spiro atoms. The van der Waals surface area contributed by atoms with Crippen LogP contribution >= 0.6 is 12.6 Å². The third-order valence-electron chi connectivity index (χ3n) is 4.40. The normalized spacial score (nSPS) is 15.0. The van der Waals surface area contributed by atoms with Crippen molar-refractivity contribution in [1.82, 2.24) is 19.7 Å². The molecule has 8 heteroatoms. The first-order valence-electron chi connectivity index (χ1n) is 8.37.